The number of carboxylic acid groups (broad SMARTS) is 1. The molecule has 1 aromatic rings. The van der Waals surface area contributed by atoms with Gasteiger partial charge in [-0.05, 0) is 24.1 Å². The first-order valence-electron chi connectivity index (χ1n) is 6.48. The molecule has 7 heteroatoms. The predicted molar refractivity (Wildman–Crippen MR) is 86.2 cm³/mol. The minimum atomic E-state index is -0.851. The second-order valence-electron chi connectivity index (χ2n) is 4.54. The Hall–Kier alpha value is -0.910. The highest BCUT2D eigenvalue weighted by Gasteiger charge is 2.13. The molecule has 0 saturated heterocycles. The van der Waals surface area contributed by atoms with Gasteiger partial charge in [0, 0.05) is 22.9 Å². The number of nitrogens with one attached hydrogen (secondary N) is 1. The number of carbonyl (C=O) groups excluding carboxylic acids is 1. The number of hydrogen-bond donors (Lipinski definition) is 2. The molecule has 0 fully saturated rings. The number of halogens is 2. The summed E-state index contributed by atoms with van der Waals surface area (Å²) < 4.78 is 0. The van der Waals surface area contributed by atoms with Crippen LogP contribution < -0.4 is 5.32 Å². The maximum absolute atomic E-state index is 11.8. The van der Waals surface area contributed by atoms with E-state index in [0.29, 0.717) is 23.0 Å². The molecule has 0 aromatic heterocycles. The molecular formula is C14H17Cl2NO3S. The van der Waals surface area contributed by atoms with E-state index in [1.165, 1.54) is 11.8 Å². The molecule has 0 spiro atoms. The van der Waals surface area contributed by atoms with Gasteiger partial charge in [0.2, 0.25) is 5.91 Å². The van der Waals surface area contributed by atoms with E-state index in [4.69, 9.17) is 28.3 Å². The molecule has 116 valence electrons. The smallest absolute Gasteiger partial charge is 0.303 e. The first kappa shape index (κ1) is 18.1. The van der Waals surface area contributed by atoms with Crippen LogP contribution in [-0.2, 0) is 9.59 Å². The number of carbonyl (C=O) groups is 2. The Morgan fingerprint density at radius 2 is 2.10 bits per heavy atom. The summed E-state index contributed by atoms with van der Waals surface area (Å²) in [6.45, 7) is 2.27. The molecule has 1 amide bonds. The molecule has 0 bridgehead atoms. The Morgan fingerprint density at radius 3 is 2.71 bits per heavy atom. The van der Waals surface area contributed by atoms with Crippen LogP contribution in [0.15, 0.2) is 23.1 Å². The van der Waals surface area contributed by atoms with Crippen molar-refractivity contribution in [3.63, 3.8) is 0 Å². The average Bonchev–Trinajstić information content (AvgIpc) is 2.44. The third kappa shape index (κ3) is 7.07. The van der Waals surface area contributed by atoms with Gasteiger partial charge in [0.1, 0.15) is 0 Å². The van der Waals surface area contributed by atoms with Gasteiger partial charge >= 0.3 is 5.97 Å². The lowest BCUT2D eigenvalue weighted by atomic mass is 10.0. The Morgan fingerprint density at radius 1 is 1.38 bits per heavy atom. The molecule has 4 nitrogen and oxygen atoms in total. The van der Waals surface area contributed by atoms with Crippen LogP contribution in [0.4, 0.5) is 0 Å². The van der Waals surface area contributed by atoms with Crippen molar-refractivity contribution in [2.24, 2.45) is 5.92 Å². The van der Waals surface area contributed by atoms with Gasteiger partial charge < -0.3 is 10.4 Å². The largest absolute Gasteiger partial charge is 0.481 e. The minimum Gasteiger partial charge on any atom is -0.481 e. The molecule has 1 aromatic carbocycles. The molecule has 1 rings (SSSR count). The zero-order chi connectivity index (χ0) is 15.8. The molecule has 0 aliphatic heterocycles. The summed E-state index contributed by atoms with van der Waals surface area (Å²) >= 11 is 13.2. The second kappa shape index (κ2) is 9.18. The Balaban J connectivity index is 2.40. The van der Waals surface area contributed by atoms with Crippen molar-refractivity contribution in [2.75, 3.05) is 12.3 Å². The van der Waals surface area contributed by atoms with Crippen LogP contribution in [0.1, 0.15) is 19.8 Å². The van der Waals surface area contributed by atoms with E-state index in [1.54, 1.807) is 18.2 Å². The summed E-state index contributed by atoms with van der Waals surface area (Å²) in [6.07, 6.45) is 0.768. The highest BCUT2D eigenvalue weighted by atomic mass is 35.5. The van der Waals surface area contributed by atoms with Crippen molar-refractivity contribution in [2.45, 2.75) is 24.7 Å². The van der Waals surface area contributed by atoms with Gasteiger partial charge in [0.25, 0.3) is 0 Å². The molecular weight excluding hydrogens is 333 g/mol. The Labute approximate surface area is 138 Å². The third-order valence-electron chi connectivity index (χ3n) is 2.88. The van der Waals surface area contributed by atoms with E-state index in [1.807, 2.05) is 6.92 Å². The third-order valence-corrected chi connectivity index (χ3v) is 4.61. The van der Waals surface area contributed by atoms with E-state index >= 15 is 0 Å². The van der Waals surface area contributed by atoms with Gasteiger partial charge in [0.15, 0.2) is 0 Å². The number of hydrogen-bond acceptors (Lipinski definition) is 3. The molecule has 0 radical (unpaired) electrons. The van der Waals surface area contributed by atoms with E-state index in [9.17, 15) is 9.59 Å². The van der Waals surface area contributed by atoms with Gasteiger partial charge in [0.05, 0.1) is 10.8 Å². The summed E-state index contributed by atoms with van der Waals surface area (Å²) in [6, 6.07) is 5.08. The fraction of sp³-hybridized carbons (Fsp3) is 0.429. The van der Waals surface area contributed by atoms with Crippen LogP contribution in [0.2, 0.25) is 10.0 Å². The minimum absolute atomic E-state index is 0.0498. The molecule has 21 heavy (non-hydrogen) atoms. The quantitative estimate of drug-likeness (QED) is 0.702. The average molecular weight is 350 g/mol. The van der Waals surface area contributed by atoms with E-state index in [-0.39, 0.29) is 24.0 Å². The molecule has 0 heterocycles. The number of amides is 1. The van der Waals surface area contributed by atoms with Gasteiger partial charge in [-0.2, -0.15) is 0 Å². The van der Waals surface area contributed by atoms with Crippen LogP contribution in [0.3, 0.4) is 0 Å². The van der Waals surface area contributed by atoms with Gasteiger partial charge in [-0.25, -0.2) is 0 Å². The molecule has 1 unspecified atom stereocenters. The molecule has 0 aliphatic rings. The number of thioether (sulfide) groups is 1. The van der Waals surface area contributed by atoms with E-state index < -0.39 is 5.97 Å². The van der Waals surface area contributed by atoms with Crippen molar-refractivity contribution in [1.82, 2.24) is 5.32 Å². The maximum Gasteiger partial charge on any atom is 0.303 e. The van der Waals surface area contributed by atoms with Crippen molar-refractivity contribution in [3.8, 4) is 0 Å². The summed E-state index contributed by atoms with van der Waals surface area (Å²) in [7, 11) is 0. The number of benzene rings is 1. The number of carboxylic acids is 1. The fourth-order valence-electron chi connectivity index (χ4n) is 1.65. The SMILES string of the molecule is CCC(CNC(=O)CSc1cc(Cl)ccc1Cl)CC(=O)O. The Bertz CT molecular complexity index is 511. The number of aliphatic carboxylic acids is 1. The van der Waals surface area contributed by atoms with Crippen LogP contribution in [0.25, 0.3) is 0 Å². The van der Waals surface area contributed by atoms with Gasteiger partial charge in [-0.15, -0.1) is 11.8 Å². The maximum atomic E-state index is 11.8. The molecule has 0 aliphatic carbocycles. The Kier molecular flexibility index (Phi) is 7.93. The first-order chi connectivity index (χ1) is 9.92. The van der Waals surface area contributed by atoms with Crippen LogP contribution in [-0.4, -0.2) is 29.3 Å². The number of rotatable bonds is 8. The lowest BCUT2D eigenvalue weighted by Crippen LogP contribution is -2.31. The van der Waals surface area contributed by atoms with Crippen molar-refractivity contribution >= 4 is 46.8 Å². The van der Waals surface area contributed by atoms with Crippen molar-refractivity contribution in [1.29, 1.82) is 0 Å². The predicted octanol–water partition coefficient (Wildman–Crippen LogP) is 3.70. The van der Waals surface area contributed by atoms with E-state index in [0.717, 1.165) is 4.90 Å². The lowest BCUT2D eigenvalue weighted by molar-refractivity contribution is -0.138. The molecule has 2 N–H and O–H groups in total. The van der Waals surface area contributed by atoms with Gasteiger partial charge in [-0.1, -0.05) is 36.5 Å². The van der Waals surface area contributed by atoms with Gasteiger partial charge in [-0.3, -0.25) is 9.59 Å². The topological polar surface area (TPSA) is 66.4 Å². The van der Waals surface area contributed by atoms with Crippen LogP contribution in [0.5, 0.6) is 0 Å². The highest BCUT2D eigenvalue weighted by Crippen LogP contribution is 2.29. The monoisotopic (exact) mass is 349 g/mol. The summed E-state index contributed by atoms with van der Waals surface area (Å²) in [5.41, 5.74) is 0. The molecule has 0 saturated carbocycles. The molecule has 1 atom stereocenters. The van der Waals surface area contributed by atoms with Crippen molar-refractivity contribution in [3.05, 3.63) is 28.2 Å². The van der Waals surface area contributed by atoms with Crippen LogP contribution >= 0.6 is 35.0 Å². The summed E-state index contributed by atoms with van der Waals surface area (Å²) in [5, 5.41) is 12.6. The zero-order valence-electron chi connectivity index (χ0n) is 11.6. The second-order valence-corrected chi connectivity index (χ2v) is 6.40. The van der Waals surface area contributed by atoms with Crippen LogP contribution in [0, 0.1) is 5.92 Å². The summed E-state index contributed by atoms with van der Waals surface area (Å²) in [4.78, 5) is 23.2. The first-order valence-corrected chi connectivity index (χ1v) is 8.22. The fourth-order valence-corrected chi connectivity index (χ4v) is 2.97. The highest BCUT2D eigenvalue weighted by molar-refractivity contribution is 8.00. The lowest BCUT2D eigenvalue weighted by Gasteiger charge is -2.13. The van der Waals surface area contributed by atoms with Crippen molar-refractivity contribution < 1.29 is 14.7 Å². The summed E-state index contributed by atoms with van der Waals surface area (Å²) in [5.74, 6) is -0.842. The zero-order valence-corrected chi connectivity index (χ0v) is 13.9. The normalized spacial score (nSPS) is 12.0. The standard InChI is InChI=1S/C14H17Cl2NO3S/c1-2-9(5-14(19)20)7-17-13(18)8-21-12-6-10(15)3-4-11(12)16/h3-4,6,9H,2,5,7-8H2,1H3,(H,17,18)(H,19,20). The van der Waals surface area contributed by atoms with E-state index in [2.05, 4.69) is 5.32 Å².